The van der Waals surface area contributed by atoms with Crippen LogP contribution in [-0.2, 0) is 16.4 Å². The molecule has 1 fully saturated rings. The molecule has 2 aromatic carbocycles. The summed E-state index contributed by atoms with van der Waals surface area (Å²) in [6, 6.07) is 13.6. The molecule has 0 saturated carbocycles. The largest absolute Gasteiger partial charge is 0.339 e. The number of hydrogen-bond donors (Lipinski definition) is 1. The molecular formula is C21H26N2O3S. The first-order valence-electron chi connectivity index (χ1n) is 9.51. The van der Waals surface area contributed by atoms with Crippen molar-refractivity contribution in [1.29, 1.82) is 0 Å². The molecule has 0 aliphatic carbocycles. The van der Waals surface area contributed by atoms with E-state index < -0.39 is 10.0 Å². The molecule has 1 saturated heterocycles. The van der Waals surface area contributed by atoms with Gasteiger partial charge in [-0.2, -0.15) is 0 Å². The van der Waals surface area contributed by atoms with E-state index in [-0.39, 0.29) is 10.8 Å². The van der Waals surface area contributed by atoms with Gasteiger partial charge in [-0.25, -0.2) is 8.42 Å². The van der Waals surface area contributed by atoms with Gasteiger partial charge in [0.2, 0.25) is 0 Å². The molecule has 0 spiro atoms. The number of carbonyl (C=O) groups is 1. The molecule has 0 aromatic heterocycles. The molecule has 1 aliphatic heterocycles. The fourth-order valence-corrected chi connectivity index (χ4v) is 4.47. The molecule has 144 valence electrons. The maximum Gasteiger partial charge on any atom is 0.261 e. The van der Waals surface area contributed by atoms with Gasteiger partial charge < -0.3 is 4.90 Å². The second-order valence-corrected chi connectivity index (χ2v) is 8.53. The summed E-state index contributed by atoms with van der Waals surface area (Å²) in [6.45, 7) is 3.53. The van der Waals surface area contributed by atoms with Crippen LogP contribution in [0.25, 0.3) is 0 Å². The quantitative estimate of drug-likeness (QED) is 0.842. The number of nitrogens with one attached hydrogen (secondary N) is 1. The van der Waals surface area contributed by atoms with Gasteiger partial charge in [0.15, 0.2) is 0 Å². The Labute approximate surface area is 161 Å². The van der Waals surface area contributed by atoms with Crippen molar-refractivity contribution >= 4 is 21.6 Å². The predicted molar refractivity (Wildman–Crippen MR) is 107 cm³/mol. The average Bonchev–Trinajstić information content (AvgIpc) is 2.97. The number of anilines is 1. The Hall–Kier alpha value is -2.34. The van der Waals surface area contributed by atoms with Crippen LogP contribution in [0.3, 0.4) is 0 Å². The van der Waals surface area contributed by atoms with E-state index >= 15 is 0 Å². The van der Waals surface area contributed by atoms with Crippen LogP contribution < -0.4 is 4.72 Å². The summed E-state index contributed by atoms with van der Waals surface area (Å²) in [5, 5.41) is 0. The summed E-state index contributed by atoms with van der Waals surface area (Å²) in [7, 11) is -3.69. The molecule has 0 radical (unpaired) electrons. The summed E-state index contributed by atoms with van der Waals surface area (Å²) >= 11 is 0. The molecule has 0 bridgehead atoms. The zero-order valence-corrected chi connectivity index (χ0v) is 16.5. The first-order chi connectivity index (χ1) is 13.0. The van der Waals surface area contributed by atoms with Crippen molar-refractivity contribution in [3.05, 3.63) is 59.7 Å². The number of rotatable bonds is 5. The van der Waals surface area contributed by atoms with Crippen molar-refractivity contribution in [2.45, 2.75) is 43.9 Å². The first-order valence-corrected chi connectivity index (χ1v) is 11.0. The second kappa shape index (κ2) is 8.57. The Bertz CT molecular complexity index is 884. The summed E-state index contributed by atoms with van der Waals surface area (Å²) < 4.78 is 28.0. The van der Waals surface area contributed by atoms with Crippen LogP contribution in [0.5, 0.6) is 0 Å². The number of para-hydroxylation sites is 1. The lowest BCUT2D eigenvalue weighted by Gasteiger charge is -2.20. The molecule has 0 unspecified atom stereocenters. The van der Waals surface area contributed by atoms with E-state index in [0.29, 0.717) is 11.3 Å². The molecule has 0 atom stereocenters. The molecule has 6 heteroatoms. The first kappa shape index (κ1) is 19.4. The topological polar surface area (TPSA) is 66.5 Å². The standard InChI is InChI=1S/C21H26N2O3S/c1-2-17-9-5-6-10-20(17)22-27(25,26)19-13-11-18(12-14-19)21(24)23-15-7-3-4-8-16-23/h5-6,9-14,22H,2-4,7-8,15-16H2,1H3. The van der Waals surface area contributed by atoms with E-state index in [1.165, 1.54) is 12.1 Å². The van der Waals surface area contributed by atoms with Gasteiger partial charge in [-0.3, -0.25) is 9.52 Å². The molecule has 5 nitrogen and oxygen atoms in total. The number of nitrogens with zero attached hydrogens (tertiary/aromatic N) is 1. The third-order valence-corrected chi connectivity index (χ3v) is 6.33. The van der Waals surface area contributed by atoms with Gasteiger partial charge in [0.1, 0.15) is 0 Å². The van der Waals surface area contributed by atoms with Crippen LogP contribution in [0.4, 0.5) is 5.69 Å². The summed E-state index contributed by atoms with van der Waals surface area (Å²) in [6.07, 6.45) is 5.11. The third-order valence-electron chi connectivity index (χ3n) is 4.95. The highest BCUT2D eigenvalue weighted by Crippen LogP contribution is 2.21. The fourth-order valence-electron chi connectivity index (χ4n) is 3.36. The van der Waals surface area contributed by atoms with Gasteiger partial charge in [0.05, 0.1) is 10.6 Å². The SMILES string of the molecule is CCc1ccccc1NS(=O)(=O)c1ccc(C(=O)N2CCCCCC2)cc1. The van der Waals surface area contributed by atoms with Crippen LogP contribution in [0.15, 0.2) is 53.4 Å². The normalized spacial score (nSPS) is 15.2. The number of likely N-dealkylation sites (tertiary alicyclic amines) is 1. The van der Waals surface area contributed by atoms with Gasteiger partial charge in [-0.15, -0.1) is 0 Å². The Morgan fingerprint density at radius 2 is 1.59 bits per heavy atom. The van der Waals surface area contributed by atoms with Gasteiger partial charge in [-0.05, 0) is 55.2 Å². The molecule has 2 aromatic rings. The molecule has 27 heavy (non-hydrogen) atoms. The van der Waals surface area contributed by atoms with Crippen LogP contribution in [-0.4, -0.2) is 32.3 Å². The van der Waals surface area contributed by atoms with Gasteiger partial charge in [0, 0.05) is 18.7 Å². The predicted octanol–water partition coefficient (Wildman–Crippen LogP) is 4.07. The number of carbonyl (C=O) groups excluding carboxylic acids is 1. The Morgan fingerprint density at radius 1 is 0.963 bits per heavy atom. The third kappa shape index (κ3) is 4.69. The zero-order valence-electron chi connectivity index (χ0n) is 15.6. The van der Waals surface area contributed by atoms with E-state index in [1.807, 2.05) is 24.0 Å². The minimum Gasteiger partial charge on any atom is -0.339 e. The van der Waals surface area contributed by atoms with E-state index in [2.05, 4.69) is 4.72 Å². The van der Waals surface area contributed by atoms with Crippen LogP contribution >= 0.6 is 0 Å². The van der Waals surface area contributed by atoms with E-state index in [9.17, 15) is 13.2 Å². The molecule has 1 N–H and O–H groups in total. The number of hydrogen-bond acceptors (Lipinski definition) is 3. The number of benzene rings is 2. The van der Waals surface area contributed by atoms with Crippen molar-refractivity contribution in [1.82, 2.24) is 4.90 Å². The van der Waals surface area contributed by atoms with Crippen LogP contribution in [0.2, 0.25) is 0 Å². The summed E-state index contributed by atoms with van der Waals surface area (Å²) in [5.74, 6) is -0.0230. The van der Waals surface area contributed by atoms with E-state index in [0.717, 1.165) is 50.8 Å². The molecule has 1 amide bonds. The highest BCUT2D eigenvalue weighted by atomic mass is 32.2. The molecule has 1 aliphatic rings. The molecular weight excluding hydrogens is 360 g/mol. The second-order valence-electron chi connectivity index (χ2n) is 6.85. The van der Waals surface area contributed by atoms with Crippen LogP contribution in [0, 0.1) is 0 Å². The monoisotopic (exact) mass is 386 g/mol. The Balaban J connectivity index is 1.76. The Kier molecular flexibility index (Phi) is 6.16. The highest BCUT2D eigenvalue weighted by Gasteiger charge is 2.19. The van der Waals surface area contributed by atoms with Crippen molar-refractivity contribution in [3.63, 3.8) is 0 Å². The van der Waals surface area contributed by atoms with Gasteiger partial charge in [0.25, 0.3) is 15.9 Å². The van der Waals surface area contributed by atoms with E-state index in [1.54, 1.807) is 24.3 Å². The molecule has 3 rings (SSSR count). The number of aryl methyl sites for hydroxylation is 1. The summed E-state index contributed by atoms with van der Waals surface area (Å²) in [4.78, 5) is 14.7. The van der Waals surface area contributed by atoms with E-state index in [4.69, 9.17) is 0 Å². The van der Waals surface area contributed by atoms with Crippen molar-refractivity contribution in [3.8, 4) is 0 Å². The average molecular weight is 387 g/mol. The molecule has 1 heterocycles. The zero-order chi connectivity index (χ0) is 19.3. The maximum absolute atomic E-state index is 12.7. The Morgan fingerprint density at radius 3 is 2.22 bits per heavy atom. The van der Waals surface area contributed by atoms with Gasteiger partial charge >= 0.3 is 0 Å². The number of amides is 1. The lowest BCUT2D eigenvalue weighted by molar-refractivity contribution is 0.0761. The minimum atomic E-state index is -3.69. The van der Waals surface area contributed by atoms with Crippen molar-refractivity contribution < 1.29 is 13.2 Å². The fraction of sp³-hybridized carbons (Fsp3) is 0.381. The van der Waals surface area contributed by atoms with Crippen molar-refractivity contribution in [2.24, 2.45) is 0 Å². The lowest BCUT2D eigenvalue weighted by Crippen LogP contribution is -2.31. The lowest BCUT2D eigenvalue weighted by atomic mass is 10.1. The minimum absolute atomic E-state index is 0.0230. The highest BCUT2D eigenvalue weighted by molar-refractivity contribution is 7.92. The number of sulfonamides is 1. The summed E-state index contributed by atoms with van der Waals surface area (Å²) in [5.41, 5.74) is 2.06. The van der Waals surface area contributed by atoms with Gasteiger partial charge in [-0.1, -0.05) is 38.0 Å². The van der Waals surface area contributed by atoms with Crippen molar-refractivity contribution in [2.75, 3.05) is 17.8 Å². The maximum atomic E-state index is 12.7. The smallest absolute Gasteiger partial charge is 0.261 e. The van der Waals surface area contributed by atoms with Crippen LogP contribution in [0.1, 0.15) is 48.5 Å².